The van der Waals surface area contributed by atoms with Gasteiger partial charge in [0.2, 0.25) is 0 Å². The smallest absolute Gasteiger partial charge is 0.168 e. The van der Waals surface area contributed by atoms with E-state index in [-0.39, 0.29) is 5.38 Å². The SMILES string of the molecule is CCc1nc(C(C)Cl)n[nH]1. The van der Waals surface area contributed by atoms with E-state index in [0.29, 0.717) is 5.82 Å². The van der Waals surface area contributed by atoms with Crippen LogP contribution in [0.4, 0.5) is 0 Å². The van der Waals surface area contributed by atoms with Crippen molar-refractivity contribution in [1.82, 2.24) is 15.2 Å². The lowest BCUT2D eigenvalue weighted by Crippen LogP contribution is -1.87. The number of alkyl halides is 1. The molecule has 0 spiro atoms. The quantitative estimate of drug-likeness (QED) is 0.667. The van der Waals surface area contributed by atoms with E-state index < -0.39 is 0 Å². The van der Waals surface area contributed by atoms with E-state index in [4.69, 9.17) is 11.6 Å². The first-order chi connectivity index (χ1) is 4.74. The normalized spacial score (nSPS) is 13.5. The number of halogens is 1. The van der Waals surface area contributed by atoms with Crippen LogP contribution in [0.5, 0.6) is 0 Å². The van der Waals surface area contributed by atoms with E-state index in [9.17, 15) is 0 Å². The van der Waals surface area contributed by atoms with Gasteiger partial charge in [-0.05, 0) is 6.92 Å². The topological polar surface area (TPSA) is 41.6 Å². The van der Waals surface area contributed by atoms with Crippen LogP contribution < -0.4 is 0 Å². The molecule has 0 aliphatic rings. The highest BCUT2D eigenvalue weighted by Gasteiger charge is 2.06. The Kier molecular flexibility index (Phi) is 2.27. The lowest BCUT2D eigenvalue weighted by atomic mass is 10.4. The Morgan fingerprint density at radius 2 is 2.40 bits per heavy atom. The Hall–Kier alpha value is -0.570. The number of aromatic nitrogens is 3. The van der Waals surface area contributed by atoms with Crippen LogP contribution in [0.15, 0.2) is 0 Å². The van der Waals surface area contributed by atoms with Crippen molar-refractivity contribution in [3.8, 4) is 0 Å². The summed E-state index contributed by atoms with van der Waals surface area (Å²) in [4.78, 5) is 4.13. The molecule has 0 bridgehead atoms. The van der Waals surface area contributed by atoms with E-state index >= 15 is 0 Å². The van der Waals surface area contributed by atoms with Gasteiger partial charge < -0.3 is 0 Å². The average molecular weight is 160 g/mol. The van der Waals surface area contributed by atoms with Crippen molar-refractivity contribution in [2.45, 2.75) is 25.6 Å². The molecular formula is C6H10ClN3. The van der Waals surface area contributed by atoms with Crippen molar-refractivity contribution in [2.24, 2.45) is 0 Å². The van der Waals surface area contributed by atoms with Crippen molar-refractivity contribution in [2.75, 3.05) is 0 Å². The molecule has 0 aliphatic heterocycles. The molecule has 1 aromatic heterocycles. The van der Waals surface area contributed by atoms with Crippen LogP contribution in [0.3, 0.4) is 0 Å². The highest BCUT2D eigenvalue weighted by molar-refractivity contribution is 6.20. The largest absolute Gasteiger partial charge is 0.263 e. The minimum Gasteiger partial charge on any atom is -0.263 e. The fourth-order valence-electron chi connectivity index (χ4n) is 0.646. The second kappa shape index (κ2) is 3.01. The van der Waals surface area contributed by atoms with E-state index in [2.05, 4.69) is 15.2 Å². The molecular weight excluding hydrogens is 150 g/mol. The van der Waals surface area contributed by atoms with Crippen molar-refractivity contribution in [3.05, 3.63) is 11.6 Å². The van der Waals surface area contributed by atoms with Crippen molar-refractivity contribution in [1.29, 1.82) is 0 Å². The fraction of sp³-hybridized carbons (Fsp3) is 0.667. The number of nitrogens with zero attached hydrogens (tertiary/aromatic N) is 2. The molecule has 10 heavy (non-hydrogen) atoms. The van der Waals surface area contributed by atoms with Gasteiger partial charge in [0.15, 0.2) is 5.82 Å². The van der Waals surface area contributed by atoms with E-state index in [1.165, 1.54) is 0 Å². The van der Waals surface area contributed by atoms with Crippen LogP contribution in [0.25, 0.3) is 0 Å². The summed E-state index contributed by atoms with van der Waals surface area (Å²) in [5.41, 5.74) is 0. The highest BCUT2D eigenvalue weighted by atomic mass is 35.5. The van der Waals surface area contributed by atoms with Gasteiger partial charge in [-0.15, -0.1) is 11.6 Å². The molecule has 0 fully saturated rings. The van der Waals surface area contributed by atoms with Crippen LogP contribution in [-0.2, 0) is 6.42 Å². The molecule has 1 aromatic rings. The summed E-state index contributed by atoms with van der Waals surface area (Å²) in [5.74, 6) is 1.57. The molecule has 1 unspecified atom stereocenters. The zero-order valence-electron chi connectivity index (χ0n) is 6.06. The Balaban J connectivity index is 2.78. The predicted octanol–water partition coefficient (Wildman–Crippen LogP) is 1.67. The van der Waals surface area contributed by atoms with Gasteiger partial charge in [0.1, 0.15) is 5.82 Å². The van der Waals surface area contributed by atoms with Gasteiger partial charge in [-0.1, -0.05) is 6.92 Å². The predicted molar refractivity (Wildman–Crippen MR) is 40.0 cm³/mol. The third-order valence-electron chi connectivity index (χ3n) is 1.24. The average Bonchev–Trinajstić information content (AvgIpc) is 2.34. The maximum Gasteiger partial charge on any atom is 0.168 e. The van der Waals surface area contributed by atoms with E-state index in [0.717, 1.165) is 12.2 Å². The fourth-order valence-corrected chi connectivity index (χ4v) is 0.744. The Bertz CT molecular complexity index is 207. The number of aryl methyl sites for hydroxylation is 1. The second-order valence-electron chi connectivity index (χ2n) is 2.11. The standard InChI is InChI=1S/C6H10ClN3/c1-3-5-8-6(4(2)7)10-9-5/h4H,3H2,1-2H3,(H,8,9,10). The minimum atomic E-state index is -0.100. The number of rotatable bonds is 2. The van der Waals surface area contributed by atoms with Crippen LogP contribution in [-0.4, -0.2) is 15.2 Å². The van der Waals surface area contributed by atoms with Crippen molar-refractivity contribution >= 4 is 11.6 Å². The lowest BCUT2D eigenvalue weighted by Gasteiger charge is -1.90. The van der Waals surface area contributed by atoms with Gasteiger partial charge in [0.05, 0.1) is 5.38 Å². The molecule has 1 N–H and O–H groups in total. The number of hydrogen-bond acceptors (Lipinski definition) is 2. The Morgan fingerprint density at radius 3 is 2.70 bits per heavy atom. The Labute approximate surface area is 64.8 Å². The van der Waals surface area contributed by atoms with Gasteiger partial charge in [-0.25, -0.2) is 4.98 Å². The van der Waals surface area contributed by atoms with Crippen LogP contribution in [0.2, 0.25) is 0 Å². The number of aromatic amines is 1. The molecule has 0 saturated heterocycles. The molecule has 0 amide bonds. The molecule has 0 saturated carbocycles. The third-order valence-corrected chi connectivity index (χ3v) is 1.43. The summed E-state index contributed by atoms with van der Waals surface area (Å²) in [6.45, 7) is 3.87. The molecule has 0 aliphatic carbocycles. The van der Waals surface area contributed by atoms with Gasteiger partial charge >= 0.3 is 0 Å². The lowest BCUT2D eigenvalue weighted by molar-refractivity contribution is 0.917. The summed E-state index contributed by atoms with van der Waals surface area (Å²) in [6, 6.07) is 0. The first-order valence-corrected chi connectivity index (χ1v) is 3.73. The first kappa shape index (κ1) is 7.54. The highest BCUT2D eigenvalue weighted by Crippen LogP contribution is 2.13. The zero-order chi connectivity index (χ0) is 7.56. The first-order valence-electron chi connectivity index (χ1n) is 3.29. The van der Waals surface area contributed by atoms with E-state index in [1.807, 2.05) is 13.8 Å². The van der Waals surface area contributed by atoms with Crippen molar-refractivity contribution in [3.63, 3.8) is 0 Å². The van der Waals surface area contributed by atoms with Gasteiger partial charge in [0.25, 0.3) is 0 Å². The van der Waals surface area contributed by atoms with E-state index in [1.54, 1.807) is 0 Å². The number of nitrogens with one attached hydrogen (secondary N) is 1. The molecule has 0 aromatic carbocycles. The van der Waals surface area contributed by atoms with Crippen LogP contribution in [0, 0.1) is 0 Å². The number of hydrogen-bond donors (Lipinski definition) is 1. The molecule has 4 heteroatoms. The van der Waals surface area contributed by atoms with Crippen LogP contribution >= 0.6 is 11.6 Å². The summed E-state index contributed by atoms with van der Waals surface area (Å²) in [5, 5.41) is 6.61. The molecule has 1 rings (SSSR count). The van der Waals surface area contributed by atoms with Gasteiger partial charge in [-0.2, -0.15) is 5.10 Å². The van der Waals surface area contributed by atoms with Crippen molar-refractivity contribution < 1.29 is 0 Å². The summed E-state index contributed by atoms with van der Waals surface area (Å²) < 4.78 is 0. The monoisotopic (exact) mass is 159 g/mol. The molecule has 0 radical (unpaired) electrons. The summed E-state index contributed by atoms with van der Waals surface area (Å²) in [7, 11) is 0. The minimum absolute atomic E-state index is 0.100. The third kappa shape index (κ3) is 1.48. The number of H-pyrrole nitrogens is 1. The van der Waals surface area contributed by atoms with Gasteiger partial charge in [-0.3, -0.25) is 5.10 Å². The zero-order valence-corrected chi connectivity index (χ0v) is 6.81. The molecule has 1 atom stereocenters. The molecule has 56 valence electrons. The summed E-state index contributed by atoms with van der Waals surface area (Å²) >= 11 is 5.73. The second-order valence-corrected chi connectivity index (χ2v) is 2.76. The maximum atomic E-state index is 5.73. The van der Waals surface area contributed by atoms with Crippen LogP contribution in [0.1, 0.15) is 30.9 Å². The van der Waals surface area contributed by atoms with Gasteiger partial charge in [0, 0.05) is 6.42 Å². The summed E-state index contributed by atoms with van der Waals surface area (Å²) in [6.07, 6.45) is 0.872. The maximum absolute atomic E-state index is 5.73. The molecule has 3 nitrogen and oxygen atoms in total. The molecule has 1 heterocycles. The Morgan fingerprint density at radius 1 is 1.70 bits per heavy atom.